The molecule has 5 heteroatoms. The Bertz CT molecular complexity index is 428. The summed E-state index contributed by atoms with van der Waals surface area (Å²) < 4.78 is 18.9. The number of benzene rings is 1. The average Bonchev–Trinajstić information content (AvgIpc) is 2.80. The summed E-state index contributed by atoms with van der Waals surface area (Å²) in [6.07, 6.45) is 5.47. The van der Waals surface area contributed by atoms with Crippen molar-refractivity contribution in [3.05, 3.63) is 17.9 Å². The minimum atomic E-state index is -0.319. The summed E-state index contributed by atoms with van der Waals surface area (Å²) in [5, 5.41) is 3.93. The molecule has 1 aromatic rings. The Hall–Kier alpha value is -1.10. The number of nitrogen functional groups attached to an aromatic ring is 1. The zero-order chi connectivity index (χ0) is 13.1. The highest BCUT2D eigenvalue weighted by Crippen LogP contribution is 2.33. The first kappa shape index (κ1) is 13.3. The fourth-order valence-electron chi connectivity index (χ4n) is 2.36. The van der Waals surface area contributed by atoms with Crippen molar-refractivity contribution in [2.75, 3.05) is 24.4 Å². The predicted molar refractivity (Wildman–Crippen MR) is 75.9 cm³/mol. The van der Waals surface area contributed by atoms with Crippen molar-refractivity contribution in [2.24, 2.45) is 0 Å². The summed E-state index contributed by atoms with van der Waals surface area (Å²) in [5.74, 6) is 0.194. The van der Waals surface area contributed by atoms with E-state index in [-0.39, 0.29) is 5.82 Å². The quantitative estimate of drug-likeness (QED) is 0.825. The molecule has 3 nitrogen and oxygen atoms in total. The number of nitrogens with one attached hydrogen (secondary N) is 1. The number of thioether (sulfide) groups is 1. The summed E-state index contributed by atoms with van der Waals surface area (Å²) in [7, 11) is 1.53. The molecule has 18 heavy (non-hydrogen) atoms. The van der Waals surface area contributed by atoms with Gasteiger partial charge in [-0.1, -0.05) is 0 Å². The number of ether oxygens (including phenoxy) is 1. The molecule has 1 aliphatic carbocycles. The van der Waals surface area contributed by atoms with E-state index < -0.39 is 0 Å². The van der Waals surface area contributed by atoms with Crippen LogP contribution in [-0.2, 0) is 0 Å². The Kier molecular flexibility index (Phi) is 4.22. The van der Waals surface area contributed by atoms with Crippen molar-refractivity contribution in [1.29, 1.82) is 0 Å². The summed E-state index contributed by atoms with van der Waals surface area (Å²) in [4.78, 5) is 0. The van der Waals surface area contributed by atoms with E-state index in [0.717, 1.165) is 12.8 Å². The second-order valence-corrected chi connectivity index (χ2v) is 5.72. The Morgan fingerprint density at radius 2 is 2.22 bits per heavy atom. The van der Waals surface area contributed by atoms with Gasteiger partial charge in [-0.15, -0.1) is 0 Å². The highest BCUT2D eigenvalue weighted by molar-refractivity contribution is 7.99. The zero-order valence-corrected chi connectivity index (χ0v) is 11.5. The number of hydrogen-bond acceptors (Lipinski definition) is 4. The van der Waals surface area contributed by atoms with Crippen LogP contribution in [0.5, 0.6) is 5.75 Å². The molecule has 0 heterocycles. The normalized spacial score (nSPS) is 23.1. The molecule has 0 spiro atoms. The molecular formula is C13H19FN2OS. The lowest BCUT2D eigenvalue weighted by Gasteiger charge is -2.16. The lowest BCUT2D eigenvalue weighted by molar-refractivity contribution is 0.416. The van der Waals surface area contributed by atoms with Gasteiger partial charge in [-0.05, 0) is 25.5 Å². The minimum absolute atomic E-state index is 0.319. The number of halogens is 1. The lowest BCUT2D eigenvalue weighted by Crippen LogP contribution is -2.17. The van der Waals surface area contributed by atoms with Crippen LogP contribution < -0.4 is 15.8 Å². The van der Waals surface area contributed by atoms with E-state index >= 15 is 0 Å². The van der Waals surface area contributed by atoms with Gasteiger partial charge in [0.1, 0.15) is 11.6 Å². The Labute approximate surface area is 111 Å². The molecule has 2 atom stereocenters. The second kappa shape index (κ2) is 5.69. The SMILES string of the molecule is COc1cc(NC2CCC(SC)C2)c(F)cc1N. The Morgan fingerprint density at radius 3 is 2.83 bits per heavy atom. The van der Waals surface area contributed by atoms with Crippen molar-refractivity contribution >= 4 is 23.1 Å². The molecule has 1 aliphatic rings. The molecule has 3 N–H and O–H groups in total. The highest BCUT2D eigenvalue weighted by atomic mass is 32.2. The van der Waals surface area contributed by atoms with Crippen LogP contribution in [0.2, 0.25) is 0 Å². The summed E-state index contributed by atoms with van der Waals surface area (Å²) in [6, 6.07) is 3.28. The first-order chi connectivity index (χ1) is 8.63. The standard InChI is InChI=1S/C13H19FN2OS/c1-17-13-7-12(10(14)6-11(13)15)16-8-3-4-9(5-8)18-2/h6-9,16H,3-5,15H2,1-2H3. The third-order valence-corrected chi connectivity index (χ3v) is 4.49. The van der Waals surface area contributed by atoms with Gasteiger partial charge in [0.05, 0.1) is 18.5 Å². The van der Waals surface area contributed by atoms with Gasteiger partial charge >= 0.3 is 0 Å². The molecule has 1 aromatic carbocycles. The molecule has 1 saturated carbocycles. The fraction of sp³-hybridized carbons (Fsp3) is 0.538. The number of nitrogens with two attached hydrogens (primary N) is 1. The van der Waals surface area contributed by atoms with Gasteiger partial charge in [0.2, 0.25) is 0 Å². The number of rotatable bonds is 4. The van der Waals surface area contributed by atoms with Gasteiger partial charge in [0.25, 0.3) is 0 Å². The zero-order valence-electron chi connectivity index (χ0n) is 10.7. The Balaban J connectivity index is 2.09. The van der Waals surface area contributed by atoms with Gasteiger partial charge in [0, 0.05) is 23.4 Å². The summed E-state index contributed by atoms with van der Waals surface area (Å²) in [5.41, 5.74) is 6.46. The molecule has 0 aliphatic heterocycles. The van der Waals surface area contributed by atoms with E-state index in [2.05, 4.69) is 11.6 Å². The summed E-state index contributed by atoms with van der Waals surface area (Å²) >= 11 is 1.88. The first-order valence-corrected chi connectivity index (χ1v) is 7.35. The Morgan fingerprint density at radius 1 is 1.44 bits per heavy atom. The maximum atomic E-state index is 13.8. The van der Waals surface area contributed by atoms with E-state index in [1.54, 1.807) is 6.07 Å². The number of anilines is 2. The molecule has 2 unspecified atom stereocenters. The van der Waals surface area contributed by atoms with Crippen molar-refractivity contribution in [3.8, 4) is 5.75 Å². The van der Waals surface area contributed by atoms with Crippen LogP contribution in [0.3, 0.4) is 0 Å². The maximum absolute atomic E-state index is 13.8. The summed E-state index contributed by atoms with van der Waals surface area (Å²) in [6.45, 7) is 0. The molecule has 0 amide bonds. The molecule has 100 valence electrons. The van der Waals surface area contributed by atoms with Crippen LogP contribution in [0, 0.1) is 5.82 Å². The van der Waals surface area contributed by atoms with Crippen LogP contribution in [-0.4, -0.2) is 24.7 Å². The van der Waals surface area contributed by atoms with Gasteiger partial charge < -0.3 is 15.8 Å². The van der Waals surface area contributed by atoms with Crippen LogP contribution in [0.4, 0.5) is 15.8 Å². The molecular weight excluding hydrogens is 251 g/mol. The molecule has 1 fully saturated rings. The van der Waals surface area contributed by atoms with Crippen molar-refractivity contribution in [2.45, 2.75) is 30.6 Å². The smallest absolute Gasteiger partial charge is 0.148 e. The van der Waals surface area contributed by atoms with Crippen LogP contribution >= 0.6 is 11.8 Å². The monoisotopic (exact) mass is 270 g/mol. The van der Waals surface area contributed by atoms with Crippen LogP contribution in [0.15, 0.2) is 12.1 Å². The van der Waals surface area contributed by atoms with Gasteiger partial charge in [-0.25, -0.2) is 4.39 Å². The van der Waals surface area contributed by atoms with E-state index in [9.17, 15) is 4.39 Å². The van der Waals surface area contributed by atoms with Gasteiger partial charge in [-0.2, -0.15) is 11.8 Å². The third kappa shape index (κ3) is 2.83. The van der Waals surface area contributed by atoms with E-state index in [4.69, 9.17) is 10.5 Å². The van der Waals surface area contributed by atoms with Gasteiger partial charge in [0.15, 0.2) is 0 Å². The first-order valence-electron chi connectivity index (χ1n) is 6.06. The van der Waals surface area contributed by atoms with Crippen molar-refractivity contribution in [1.82, 2.24) is 0 Å². The van der Waals surface area contributed by atoms with Crippen LogP contribution in [0.25, 0.3) is 0 Å². The highest BCUT2D eigenvalue weighted by Gasteiger charge is 2.24. The van der Waals surface area contributed by atoms with Crippen molar-refractivity contribution in [3.63, 3.8) is 0 Å². The fourth-order valence-corrected chi connectivity index (χ4v) is 3.16. The topological polar surface area (TPSA) is 47.3 Å². The van der Waals surface area contributed by atoms with E-state index in [1.165, 1.54) is 19.6 Å². The van der Waals surface area contributed by atoms with Gasteiger partial charge in [-0.3, -0.25) is 0 Å². The predicted octanol–water partition coefficient (Wildman–Crippen LogP) is 3.11. The van der Waals surface area contributed by atoms with Crippen molar-refractivity contribution < 1.29 is 9.13 Å². The third-order valence-electron chi connectivity index (χ3n) is 3.40. The molecule has 0 radical (unpaired) electrons. The molecule has 2 rings (SSSR count). The molecule has 0 bridgehead atoms. The van der Waals surface area contributed by atoms with E-state index in [1.807, 2.05) is 11.8 Å². The largest absolute Gasteiger partial charge is 0.495 e. The maximum Gasteiger partial charge on any atom is 0.148 e. The minimum Gasteiger partial charge on any atom is -0.495 e. The number of hydrogen-bond donors (Lipinski definition) is 2. The second-order valence-electron chi connectivity index (χ2n) is 4.59. The lowest BCUT2D eigenvalue weighted by atomic mass is 10.2. The van der Waals surface area contributed by atoms with E-state index in [0.29, 0.717) is 28.4 Å². The molecule has 0 saturated heterocycles. The number of methoxy groups -OCH3 is 1. The van der Waals surface area contributed by atoms with Crippen LogP contribution in [0.1, 0.15) is 19.3 Å². The average molecular weight is 270 g/mol. The molecule has 0 aromatic heterocycles.